The number of benzene rings is 1. The van der Waals surface area contributed by atoms with Gasteiger partial charge in [0.15, 0.2) is 5.65 Å². The van der Waals surface area contributed by atoms with E-state index in [-0.39, 0.29) is 0 Å². The molecule has 0 bridgehead atoms. The number of hydrogen-bond acceptors (Lipinski definition) is 1. The molecular weight excluding hydrogens is 232 g/mol. The summed E-state index contributed by atoms with van der Waals surface area (Å²) in [5, 5.41) is 0.679. The van der Waals surface area contributed by atoms with Gasteiger partial charge in [0.25, 0.3) is 0 Å². The molecule has 0 aliphatic heterocycles. The Morgan fingerprint density at radius 2 is 1.82 bits per heavy atom. The fourth-order valence-electron chi connectivity index (χ4n) is 2.02. The Balaban J connectivity index is 2.32. The van der Waals surface area contributed by atoms with Crippen LogP contribution in [-0.2, 0) is 0 Å². The number of aryl methyl sites for hydroxylation is 1. The molecule has 0 spiro atoms. The highest BCUT2D eigenvalue weighted by molar-refractivity contribution is 6.33. The summed E-state index contributed by atoms with van der Waals surface area (Å²) in [6, 6.07) is 13.9. The van der Waals surface area contributed by atoms with Crippen LogP contribution in [0.2, 0.25) is 5.02 Å². The fourth-order valence-corrected chi connectivity index (χ4v) is 2.23. The molecule has 0 atom stereocenters. The van der Waals surface area contributed by atoms with Crippen LogP contribution in [0.25, 0.3) is 16.9 Å². The van der Waals surface area contributed by atoms with Gasteiger partial charge in [-0.3, -0.25) is 0 Å². The molecule has 2 heterocycles. The first-order valence-corrected chi connectivity index (χ1v) is 5.84. The quantitative estimate of drug-likeness (QED) is 0.631. The second-order valence-electron chi connectivity index (χ2n) is 3.96. The summed E-state index contributed by atoms with van der Waals surface area (Å²) in [4.78, 5) is 4.61. The molecule has 0 N–H and O–H groups in total. The Morgan fingerprint density at radius 3 is 2.53 bits per heavy atom. The van der Waals surface area contributed by atoms with Crippen LogP contribution in [0.1, 0.15) is 5.69 Å². The van der Waals surface area contributed by atoms with Crippen LogP contribution in [0.4, 0.5) is 0 Å². The largest absolute Gasteiger partial charge is 0.302 e. The normalized spacial score (nSPS) is 10.9. The van der Waals surface area contributed by atoms with Crippen molar-refractivity contribution >= 4 is 17.2 Å². The summed E-state index contributed by atoms with van der Waals surface area (Å²) in [5.41, 5.74) is 4.02. The molecular formula is C14H11ClN2. The topological polar surface area (TPSA) is 17.3 Å². The Hall–Kier alpha value is -1.80. The van der Waals surface area contributed by atoms with Gasteiger partial charge < -0.3 is 4.40 Å². The molecule has 0 saturated heterocycles. The second kappa shape index (κ2) is 3.90. The minimum Gasteiger partial charge on any atom is -0.302 e. The van der Waals surface area contributed by atoms with Crippen LogP contribution in [0.3, 0.4) is 0 Å². The average molecular weight is 243 g/mol. The standard InChI is InChI=1S/C14H11ClN2/c1-10-13(11-6-3-2-4-7-11)16-14-12(15)8-5-9-17(10)14/h2-9H,1H3. The highest BCUT2D eigenvalue weighted by atomic mass is 35.5. The first-order chi connectivity index (χ1) is 8.27. The van der Waals surface area contributed by atoms with Crippen LogP contribution in [0.15, 0.2) is 48.7 Å². The maximum atomic E-state index is 6.15. The summed E-state index contributed by atoms with van der Waals surface area (Å²) in [5.74, 6) is 0. The molecule has 0 aliphatic rings. The number of pyridine rings is 1. The van der Waals surface area contributed by atoms with Crippen LogP contribution < -0.4 is 0 Å². The SMILES string of the molecule is Cc1c(-c2ccccc2)nc2c(Cl)cccn12. The van der Waals surface area contributed by atoms with Crippen molar-refractivity contribution in [2.45, 2.75) is 6.92 Å². The van der Waals surface area contributed by atoms with Gasteiger partial charge in [-0.1, -0.05) is 41.9 Å². The van der Waals surface area contributed by atoms with E-state index in [2.05, 4.69) is 24.0 Å². The first-order valence-electron chi connectivity index (χ1n) is 5.46. The molecule has 3 heteroatoms. The highest BCUT2D eigenvalue weighted by Crippen LogP contribution is 2.26. The van der Waals surface area contributed by atoms with E-state index in [4.69, 9.17) is 11.6 Å². The third kappa shape index (κ3) is 1.61. The lowest BCUT2D eigenvalue weighted by molar-refractivity contribution is 1.11. The molecule has 0 unspecified atom stereocenters. The van der Waals surface area contributed by atoms with Crippen molar-refractivity contribution in [3.8, 4) is 11.3 Å². The van der Waals surface area contributed by atoms with Gasteiger partial charge in [0.2, 0.25) is 0 Å². The summed E-state index contributed by atoms with van der Waals surface area (Å²) in [6.07, 6.45) is 1.98. The van der Waals surface area contributed by atoms with Gasteiger partial charge in [0.1, 0.15) is 0 Å². The maximum Gasteiger partial charge on any atom is 0.156 e. The summed E-state index contributed by atoms with van der Waals surface area (Å²) >= 11 is 6.15. The van der Waals surface area contributed by atoms with Gasteiger partial charge in [-0.05, 0) is 19.1 Å². The Kier molecular flexibility index (Phi) is 2.37. The number of rotatable bonds is 1. The molecule has 0 saturated carbocycles. The molecule has 1 aromatic carbocycles. The van der Waals surface area contributed by atoms with Crippen LogP contribution in [0.5, 0.6) is 0 Å². The highest BCUT2D eigenvalue weighted by Gasteiger charge is 2.11. The van der Waals surface area contributed by atoms with Gasteiger partial charge in [0.05, 0.1) is 10.7 Å². The molecule has 0 amide bonds. The summed E-state index contributed by atoms with van der Waals surface area (Å²) in [6.45, 7) is 2.05. The maximum absolute atomic E-state index is 6.15. The number of imidazole rings is 1. The zero-order valence-corrected chi connectivity index (χ0v) is 10.1. The monoisotopic (exact) mass is 242 g/mol. The zero-order valence-electron chi connectivity index (χ0n) is 9.39. The second-order valence-corrected chi connectivity index (χ2v) is 4.37. The molecule has 2 nitrogen and oxygen atoms in total. The Labute approximate surface area is 104 Å². The van der Waals surface area contributed by atoms with Crippen molar-refractivity contribution in [2.75, 3.05) is 0 Å². The van der Waals surface area contributed by atoms with E-state index in [1.807, 2.05) is 40.9 Å². The van der Waals surface area contributed by atoms with E-state index in [0.717, 1.165) is 22.6 Å². The predicted octanol–water partition coefficient (Wildman–Crippen LogP) is 3.96. The summed E-state index contributed by atoms with van der Waals surface area (Å²) in [7, 11) is 0. The van der Waals surface area contributed by atoms with E-state index >= 15 is 0 Å². The van der Waals surface area contributed by atoms with E-state index in [9.17, 15) is 0 Å². The van der Waals surface area contributed by atoms with Crippen molar-refractivity contribution in [1.82, 2.24) is 9.38 Å². The number of aromatic nitrogens is 2. The zero-order chi connectivity index (χ0) is 11.8. The van der Waals surface area contributed by atoms with Gasteiger partial charge in [-0.2, -0.15) is 0 Å². The van der Waals surface area contributed by atoms with Gasteiger partial charge in [0, 0.05) is 17.5 Å². The molecule has 0 fully saturated rings. The molecule has 3 rings (SSSR count). The smallest absolute Gasteiger partial charge is 0.156 e. The van der Waals surface area contributed by atoms with Crippen LogP contribution >= 0.6 is 11.6 Å². The molecule has 0 radical (unpaired) electrons. The lowest BCUT2D eigenvalue weighted by Crippen LogP contribution is -1.86. The van der Waals surface area contributed by atoms with Crippen molar-refractivity contribution in [3.05, 3.63) is 59.4 Å². The molecule has 84 valence electrons. The number of nitrogens with zero attached hydrogens (tertiary/aromatic N) is 2. The van der Waals surface area contributed by atoms with Crippen LogP contribution in [0, 0.1) is 6.92 Å². The first kappa shape index (κ1) is 10.4. The van der Waals surface area contributed by atoms with Crippen molar-refractivity contribution in [3.63, 3.8) is 0 Å². The van der Waals surface area contributed by atoms with E-state index in [1.54, 1.807) is 0 Å². The molecule has 17 heavy (non-hydrogen) atoms. The molecule has 3 aromatic rings. The lowest BCUT2D eigenvalue weighted by Gasteiger charge is -1.98. The number of halogens is 1. The minimum atomic E-state index is 0.679. The summed E-state index contributed by atoms with van der Waals surface area (Å²) < 4.78 is 2.02. The van der Waals surface area contributed by atoms with E-state index in [1.165, 1.54) is 0 Å². The van der Waals surface area contributed by atoms with Crippen molar-refractivity contribution in [1.29, 1.82) is 0 Å². The number of hydrogen-bond donors (Lipinski definition) is 0. The van der Waals surface area contributed by atoms with Crippen molar-refractivity contribution < 1.29 is 0 Å². The third-order valence-corrected chi connectivity index (χ3v) is 3.18. The van der Waals surface area contributed by atoms with Gasteiger partial charge in [-0.25, -0.2) is 4.98 Å². The molecule has 0 aliphatic carbocycles. The van der Waals surface area contributed by atoms with Gasteiger partial charge >= 0.3 is 0 Å². The average Bonchev–Trinajstić information content (AvgIpc) is 2.70. The molecule has 2 aromatic heterocycles. The van der Waals surface area contributed by atoms with E-state index < -0.39 is 0 Å². The Bertz CT molecular complexity index is 671. The third-order valence-electron chi connectivity index (χ3n) is 2.89. The number of fused-ring (bicyclic) bond motifs is 1. The van der Waals surface area contributed by atoms with Crippen molar-refractivity contribution in [2.24, 2.45) is 0 Å². The minimum absolute atomic E-state index is 0.679. The van der Waals surface area contributed by atoms with Crippen LogP contribution in [-0.4, -0.2) is 9.38 Å². The van der Waals surface area contributed by atoms with E-state index in [0.29, 0.717) is 5.02 Å². The van der Waals surface area contributed by atoms with Gasteiger partial charge in [-0.15, -0.1) is 0 Å². The predicted molar refractivity (Wildman–Crippen MR) is 70.4 cm³/mol. The fraction of sp³-hybridized carbons (Fsp3) is 0.0714. The lowest BCUT2D eigenvalue weighted by atomic mass is 10.1. The Morgan fingerprint density at radius 1 is 1.06 bits per heavy atom.